The second-order valence-corrected chi connectivity index (χ2v) is 4.62. The lowest BCUT2D eigenvalue weighted by Gasteiger charge is -2.09. The maximum absolute atomic E-state index is 10.7. The Hall–Kier alpha value is -2.59. The SMILES string of the molecule is Cl.O=C(O)c1ccc(COc2cccc3ccccc23)cn1. The molecule has 0 saturated heterocycles. The predicted molar refractivity (Wildman–Crippen MR) is 86.7 cm³/mol. The van der Waals surface area contributed by atoms with E-state index in [0.717, 1.165) is 22.1 Å². The van der Waals surface area contributed by atoms with Crippen LogP contribution in [0.25, 0.3) is 10.8 Å². The molecule has 5 heteroatoms. The number of fused-ring (bicyclic) bond motifs is 1. The fourth-order valence-corrected chi connectivity index (χ4v) is 2.12. The number of rotatable bonds is 4. The highest BCUT2D eigenvalue weighted by Gasteiger charge is 2.05. The molecule has 1 heterocycles. The van der Waals surface area contributed by atoms with E-state index in [1.807, 2.05) is 42.5 Å². The number of carboxylic acids is 1. The standard InChI is InChI=1S/C17H13NO3.ClH/c19-17(20)15-9-8-12(10-18-15)11-21-16-7-3-5-13-4-1-2-6-14(13)16;/h1-10H,11H2,(H,19,20);1H. The van der Waals surface area contributed by atoms with Crippen molar-refractivity contribution in [3.8, 4) is 5.75 Å². The predicted octanol–water partition coefficient (Wildman–Crippen LogP) is 3.93. The van der Waals surface area contributed by atoms with Crippen LogP contribution < -0.4 is 4.74 Å². The van der Waals surface area contributed by atoms with Gasteiger partial charge in [0, 0.05) is 17.1 Å². The Bertz CT molecular complexity index is 782. The molecule has 1 aromatic heterocycles. The Balaban J connectivity index is 0.00000176. The molecule has 0 unspecified atom stereocenters. The molecule has 0 aliphatic heterocycles. The first-order valence-corrected chi connectivity index (χ1v) is 6.53. The molecular weight excluding hydrogens is 302 g/mol. The summed E-state index contributed by atoms with van der Waals surface area (Å²) < 4.78 is 5.82. The highest BCUT2D eigenvalue weighted by atomic mass is 35.5. The van der Waals surface area contributed by atoms with E-state index < -0.39 is 5.97 Å². The fraction of sp³-hybridized carbons (Fsp3) is 0.0588. The van der Waals surface area contributed by atoms with Crippen molar-refractivity contribution in [1.82, 2.24) is 4.98 Å². The van der Waals surface area contributed by atoms with Gasteiger partial charge in [0.15, 0.2) is 0 Å². The summed E-state index contributed by atoms with van der Waals surface area (Å²) in [5.74, 6) is -0.230. The molecule has 0 fully saturated rings. The lowest BCUT2D eigenvalue weighted by molar-refractivity contribution is 0.0690. The van der Waals surface area contributed by atoms with Crippen molar-refractivity contribution >= 4 is 29.1 Å². The summed E-state index contributed by atoms with van der Waals surface area (Å²) in [5.41, 5.74) is 0.858. The number of benzene rings is 2. The molecule has 0 spiro atoms. The van der Waals surface area contributed by atoms with Gasteiger partial charge in [-0.25, -0.2) is 9.78 Å². The van der Waals surface area contributed by atoms with Gasteiger partial charge in [-0.05, 0) is 17.5 Å². The number of carbonyl (C=O) groups is 1. The number of carboxylic acid groups (broad SMARTS) is 1. The second-order valence-electron chi connectivity index (χ2n) is 4.62. The fourth-order valence-electron chi connectivity index (χ4n) is 2.12. The van der Waals surface area contributed by atoms with E-state index in [1.54, 1.807) is 6.07 Å². The maximum Gasteiger partial charge on any atom is 0.354 e. The number of nitrogens with zero attached hydrogens (tertiary/aromatic N) is 1. The molecule has 4 nitrogen and oxygen atoms in total. The number of aromatic nitrogens is 1. The molecule has 0 saturated carbocycles. The van der Waals surface area contributed by atoms with Crippen LogP contribution in [0.1, 0.15) is 16.1 Å². The van der Waals surface area contributed by atoms with Crippen molar-refractivity contribution in [3.05, 3.63) is 72.1 Å². The average Bonchev–Trinajstić information content (AvgIpc) is 2.53. The number of pyridine rings is 1. The Labute approximate surface area is 133 Å². The van der Waals surface area contributed by atoms with E-state index in [-0.39, 0.29) is 18.1 Å². The second kappa shape index (κ2) is 6.91. The van der Waals surface area contributed by atoms with Crippen LogP contribution in [0.2, 0.25) is 0 Å². The zero-order chi connectivity index (χ0) is 14.7. The van der Waals surface area contributed by atoms with Gasteiger partial charge in [-0.3, -0.25) is 0 Å². The summed E-state index contributed by atoms with van der Waals surface area (Å²) in [5, 5.41) is 11.0. The van der Waals surface area contributed by atoms with Crippen LogP contribution in [0.15, 0.2) is 60.8 Å². The maximum atomic E-state index is 10.7. The van der Waals surface area contributed by atoms with Gasteiger partial charge in [-0.15, -0.1) is 12.4 Å². The molecule has 0 aliphatic rings. The van der Waals surface area contributed by atoms with Crippen LogP contribution in [-0.4, -0.2) is 16.1 Å². The Morgan fingerprint density at radius 3 is 2.55 bits per heavy atom. The van der Waals surface area contributed by atoms with Gasteiger partial charge in [0.25, 0.3) is 0 Å². The van der Waals surface area contributed by atoms with Crippen LogP contribution in [0.4, 0.5) is 0 Å². The molecule has 3 aromatic rings. The van der Waals surface area contributed by atoms with Crippen LogP contribution in [0.3, 0.4) is 0 Å². The van der Waals surface area contributed by atoms with Crippen molar-refractivity contribution in [1.29, 1.82) is 0 Å². The lowest BCUT2D eigenvalue weighted by atomic mass is 10.1. The monoisotopic (exact) mass is 315 g/mol. The lowest BCUT2D eigenvalue weighted by Crippen LogP contribution is -2.02. The van der Waals surface area contributed by atoms with E-state index >= 15 is 0 Å². The molecular formula is C17H14ClNO3. The number of ether oxygens (including phenoxy) is 1. The van der Waals surface area contributed by atoms with Gasteiger partial charge in [-0.2, -0.15) is 0 Å². The minimum atomic E-state index is -1.03. The summed E-state index contributed by atoms with van der Waals surface area (Å²) in [6.07, 6.45) is 1.52. The minimum absolute atomic E-state index is 0. The van der Waals surface area contributed by atoms with Gasteiger partial charge in [-0.1, -0.05) is 42.5 Å². The van der Waals surface area contributed by atoms with Crippen molar-refractivity contribution in [2.24, 2.45) is 0 Å². The van der Waals surface area contributed by atoms with Crippen molar-refractivity contribution in [2.75, 3.05) is 0 Å². The van der Waals surface area contributed by atoms with E-state index in [2.05, 4.69) is 4.98 Å². The van der Waals surface area contributed by atoms with Crippen molar-refractivity contribution in [3.63, 3.8) is 0 Å². The van der Waals surface area contributed by atoms with E-state index in [0.29, 0.717) is 6.61 Å². The zero-order valence-electron chi connectivity index (χ0n) is 11.6. The van der Waals surface area contributed by atoms with Gasteiger partial charge in [0.2, 0.25) is 0 Å². The number of aromatic carboxylic acids is 1. The summed E-state index contributed by atoms with van der Waals surface area (Å²) in [6, 6.07) is 17.1. The first kappa shape index (κ1) is 15.8. The number of halogens is 1. The van der Waals surface area contributed by atoms with Gasteiger partial charge in [0.1, 0.15) is 18.1 Å². The highest BCUT2D eigenvalue weighted by molar-refractivity contribution is 5.88. The average molecular weight is 316 g/mol. The number of hydrogen-bond donors (Lipinski definition) is 1. The quantitative estimate of drug-likeness (QED) is 0.792. The summed E-state index contributed by atoms with van der Waals surface area (Å²) in [7, 11) is 0. The van der Waals surface area contributed by atoms with Gasteiger partial charge in [0.05, 0.1) is 0 Å². The Morgan fingerprint density at radius 2 is 1.82 bits per heavy atom. The highest BCUT2D eigenvalue weighted by Crippen LogP contribution is 2.25. The third kappa shape index (κ3) is 3.35. The van der Waals surface area contributed by atoms with Gasteiger partial charge >= 0.3 is 5.97 Å². The van der Waals surface area contributed by atoms with Crippen molar-refractivity contribution < 1.29 is 14.6 Å². The molecule has 0 bridgehead atoms. The van der Waals surface area contributed by atoms with Crippen LogP contribution in [0, 0.1) is 0 Å². The molecule has 0 atom stereocenters. The Morgan fingerprint density at radius 1 is 1.05 bits per heavy atom. The normalized spacial score (nSPS) is 10.0. The number of hydrogen-bond acceptors (Lipinski definition) is 3. The molecule has 0 aliphatic carbocycles. The first-order chi connectivity index (χ1) is 10.2. The molecule has 2 aromatic carbocycles. The first-order valence-electron chi connectivity index (χ1n) is 6.53. The Kier molecular flexibility index (Phi) is 4.96. The van der Waals surface area contributed by atoms with E-state index in [1.165, 1.54) is 12.3 Å². The molecule has 22 heavy (non-hydrogen) atoms. The van der Waals surface area contributed by atoms with Gasteiger partial charge < -0.3 is 9.84 Å². The van der Waals surface area contributed by atoms with Crippen LogP contribution in [0.5, 0.6) is 5.75 Å². The summed E-state index contributed by atoms with van der Waals surface area (Å²) in [4.78, 5) is 14.6. The third-order valence-corrected chi connectivity index (χ3v) is 3.19. The molecule has 3 rings (SSSR count). The van der Waals surface area contributed by atoms with E-state index in [9.17, 15) is 4.79 Å². The van der Waals surface area contributed by atoms with Crippen molar-refractivity contribution in [2.45, 2.75) is 6.61 Å². The van der Waals surface area contributed by atoms with Crippen LogP contribution >= 0.6 is 12.4 Å². The smallest absolute Gasteiger partial charge is 0.354 e. The molecule has 0 amide bonds. The largest absolute Gasteiger partial charge is 0.488 e. The summed E-state index contributed by atoms with van der Waals surface area (Å²) >= 11 is 0. The summed E-state index contributed by atoms with van der Waals surface area (Å²) in [6.45, 7) is 0.348. The third-order valence-electron chi connectivity index (χ3n) is 3.19. The topological polar surface area (TPSA) is 59.4 Å². The molecule has 0 radical (unpaired) electrons. The van der Waals surface area contributed by atoms with E-state index in [4.69, 9.17) is 9.84 Å². The van der Waals surface area contributed by atoms with Crippen LogP contribution in [-0.2, 0) is 6.61 Å². The zero-order valence-corrected chi connectivity index (χ0v) is 12.4. The molecule has 112 valence electrons. The molecule has 1 N–H and O–H groups in total. The minimum Gasteiger partial charge on any atom is -0.488 e.